The van der Waals surface area contributed by atoms with Gasteiger partial charge < -0.3 is 15.5 Å². The van der Waals surface area contributed by atoms with Crippen molar-refractivity contribution >= 4 is 29.3 Å². The third-order valence-electron chi connectivity index (χ3n) is 4.70. The third kappa shape index (κ3) is 6.55. The Morgan fingerprint density at radius 1 is 1.12 bits per heavy atom. The van der Waals surface area contributed by atoms with Gasteiger partial charge in [0.15, 0.2) is 5.76 Å². The molecule has 0 aliphatic rings. The molecule has 0 aliphatic heterocycles. The lowest BCUT2D eigenvalue weighted by molar-refractivity contribution is -0.535. The van der Waals surface area contributed by atoms with Crippen LogP contribution in [-0.4, -0.2) is 34.3 Å². The lowest BCUT2D eigenvalue weighted by atomic mass is 10.0. The zero-order chi connectivity index (χ0) is 23.8. The van der Waals surface area contributed by atoms with E-state index < -0.39 is 29.4 Å². The minimum absolute atomic E-state index is 0.0784. The maximum absolute atomic E-state index is 12.5. The molecule has 1 unspecified atom stereocenters. The molecule has 2 aromatic carbocycles. The van der Waals surface area contributed by atoms with Crippen molar-refractivity contribution in [3.63, 3.8) is 0 Å². The molecule has 0 bridgehead atoms. The molecule has 0 saturated heterocycles. The van der Waals surface area contributed by atoms with Gasteiger partial charge in [-0.2, -0.15) is 4.98 Å². The fourth-order valence-corrected chi connectivity index (χ4v) is 3.09. The van der Waals surface area contributed by atoms with Gasteiger partial charge in [0.2, 0.25) is 5.78 Å². The number of primary amides is 1. The van der Waals surface area contributed by atoms with E-state index in [1.807, 2.05) is 36.4 Å². The minimum atomic E-state index is -1.17. The van der Waals surface area contributed by atoms with Gasteiger partial charge in [-0.05, 0) is 5.56 Å². The summed E-state index contributed by atoms with van der Waals surface area (Å²) in [6, 6.07) is 17.5. The first-order valence-corrected chi connectivity index (χ1v) is 10.1. The van der Waals surface area contributed by atoms with Crippen LogP contribution in [0.4, 0.5) is 6.01 Å². The topological polar surface area (TPSA) is 156 Å². The molecule has 0 spiro atoms. The molecule has 3 rings (SSSR count). The van der Waals surface area contributed by atoms with Gasteiger partial charge in [-0.25, -0.2) is 5.32 Å². The van der Waals surface area contributed by atoms with E-state index in [1.54, 1.807) is 42.7 Å². The molecule has 33 heavy (non-hydrogen) atoms. The molecule has 9 heteroatoms. The second-order valence-corrected chi connectivity index (χ2v) is 7.32. The van der Waals surface area contributed by atoms with Crippen LogP contribution in [0.3, 0.4) is 0 Å². The van der Waals surface area contributed by atoms with Crippen molar-refractivity contribution in [3.8, 4) is 11.3 Å². The Morgan fingerprint density at radius 3 is 2.39 bits per heavy atom. The average Bonchev–Trinajstić information content (AvgIpc) is 3.27. The maximum atomic E-state index is 12.5. The number of nitrogens with one attached hydrogen (secondary N) is 2. The summed E-state index contributed by atoms with van der Waals surface area (Å²) in [6.07, 6.45) is 2.99. The van der Waals surface area contributed by atoms with Crippen LogP contribution in [0.1, 0.15) is 12.5 Å². The monoisotopic (exact) mass is 446 g/mol. The van der Waals surface area contributed by atoms with Crippen molar-refractivity contribution < 1.29 is 24.1 Å². The highest BCUT2D eigenvalue weighted by Gasteiger charge is 2.26. The van der Waals surface area contributed by atoms with E-state index >= 15 is 0 Å². The fraction of sp³-hybridized carbons (Fsp3) is 0.125. The number of benzene rings is 2. The number of amides is 2. The molecule has 6 N–H and O–H groups in total. The molecule has 0 radical (unpaired) electrons. The number of hydrogen-bond donors (Lipinski definition) is 4. The highest BCUT2D eigenvalue weighted by molar-refractivity contribution is 6.44. The number of allylic oxidation sites excluding steroid dienone is 1. The Bertz CT molecular complexity index is 1190. The zero-order valence-electron chi connectivity index (χ0n) is 17.9. The van der Waals surface area contributed by atoms with Crippen molar-refractivity contribution in [3.05, 3.63) is 84.2 Å². The normalized spacial score (nSPS) is 12.1. The maximum Gasteiger partial charge on any atom is 0.406 e. The molecule has 1 aromatic heterocycles. The predicted octanol–water partition coefficient (Wildman–Crippen LogP) is 1.24. The smallest absolute Gasteiger partial charge is 0.395 e. The van der Waals surface area contributed by atoms with E-state index in [2.05, 4.69) is 10.3 Å². The Morgan fingerprint density at radius 2 is 1.76 bits per heavy atom. The van der Waals surface area contributed by atoms with Crippen molar-refractivity contribution in [2.24, 2.45) is 5.73 Å². The molecular weight excluding hydrogens is 422 g/mol. The SMILES string of the molecule is C/C(=C/C(=N)C(=O)NC(Cc1ccccc1)C(=O)C(N)=O)[NH2+]c1ncc(-c2ccccc2)o1. The van der Waals surface area contributed by atoms with Crippen LogP contribution >= 0.6 is 0 Å². The molecule has 1 heterocycles. The molecule has 0 fully saturated rings. The van der Waals surface area contributed by atoms with E-state index in [0.29, 0.717) is 17.5 Å². The quantitative estimate of drug-likeness (QED) is 0.272. The van der Waals surface area contributed by atoms with Crippen LogP contribution in [0.2, 0.25) is 0 Å². The number of nitrogens with zero attached hydrogens (tertiary/aromatic N) is 1. The van der Waals surface area contributed by atoms with Crippen LogP contribution in [0.15, 0.2) is 83.1 Å². The molecule has 1 atom stereocenters. The van der Waals surface area contributed by atoms with Crippen molar-refractivity contribution in [2.75, 3.05) is 0 Å². The first-order valence-electron chi connectivity index (χ1n) is 10.1. The first kappa shape index (κ1) is 23.3. The summed E-state index contributed by atoms with van der Waals surface area (Å²) in [5.74, 6) is -2.30. The number of carbonyl (C=O) groups excluding carboxylic acids is 3. The van der Waals surface area contributed by atoms with Crippen LogP contribution in [0.25, 0.3) is 11.3 Å². The number of quaternary nitrogens is 1. The predicted molar refractivity (Wildman–Crippen MR) is 121 cm³/mol. The van der Waals surface area contributed by atoms with E-state index in [1.165, 1.54) is 6.08 Å². The van der Waals surface area contributed by atoms with Gasteiger partial charge in [-0.1, -0.05) is 60.7 Å². The van der Waals surface area contributed by atoms with Gasteiger partial charge in [0.25, 0.3) is 11.8 Å². The second-order valence-electron chi connectivity index (χ2n) is 7.32. The van der Waals surface area contributed by atoms with Gasteiger partial charge in [0.05, 0.1) is 6.20 Å². The summed E-state index contributed by atoms with van der Waals surface area (Å²) in [6.45, 7) is 1.68. The second kappa shape index (κ2) is 10.8. The van der Waals surface area contributed by atoms with Crippen LogP contribution in [0.5, 0.6) is 0 Å². The van der Waals surface area contributed by atoms with Crippen molar-refractivity contribution in [2.45, 2.75) is 19.4 Å². The molecular formula is C24H24N5O4+. The van der Waals surface area contributed by atoms with Crippen molar-refractivity contribution in [1.29, 1.82) is 5.41 Å². The Balaban J connectivity index is 1.65. The minimum Gasteiger partial charge on any atom is -0.395 e. The lowest BCUT2D eigenvalue weighted by Crippen LogP contribution is -2.75. The Labute approximate surface area is 190 Å². The molecule has 0 aliphatic carbocycles. The average molecular weight is 446 g/mol. The summed E-state index contributed by atoms with van der Waals surface area (Å²) >= 11 is 0. The van der Waals surface area contributed by atoms with Crippen LogP contribution < -0.4 is 16.4 Å². The van der Waals surface area contributed by atoms with Gasteiger partial charge in [0.1, 0.15) is 17.5 Å². The number of rotatable bonds is 10. The molecule has 9 nitrogen and oxygen atoms in total. The summed E-state index contributed by atoms with van der Waals surface area (Å²) < 4.78 is 5.70. The molecule has 3 aromatic rings. The van der Waals surface area contributed by atoms with E-state index in [0.717, 1.165) is 11.1 Å². The lowest BCUT2D eigenvalue weighted by Gasteiger charge is -2.16. The van der Waals surface area contributed by atoms with Crippen LogP contribution in [-0.2, 0) is 20.8 Å². The van der Waals surface area contributed by atoms with Gasteiger partial charge in [-0.3, -0.25) is 19.8 Å². The number of nitrogens with two attached hydrogens (primary N) is 2. The number of oxazole rings is 1. The van der Waals surface area contributed by atoms with Gasteiger partial charge in [-0.15, -0.1) is 0 Å². The number of hydrogen-bond acceptors (Lipinski definition) is 6. The molecule has 168 valence electrons. The third-order valence-corrected chi connectivity index (χ3v) is 4.70. The largest absolute Gasteiger partial charge is 0.406 e. The highest BCUT2D eigenvalue weighted by atomic mass is 16.4. The van der Waals surface area contributed by atoms with Gasteiger partial charge in [0, 0.05) is 25.0 Å². The van der Waals surface area contributed by atoms with Crippen molar-refractivity contribution in [1.82, 2.24) is 10.3 Å². The molecule has 2 amide bonds. The summed E-state index contributed by atoms with van der Waals surface area (Å²) in [5.41, 5.74) is 6.88. The van der Waals surface area contributed by atoms with Gasteiger partial charge >= 0.3 is 6.01 Å². The summed E-state index contributed by atoms with van der Waals surface area (Å²) in [7, 11) is 0. The fourth-order valence-electron chi connectivity index (χ4n) is 3.09. The summed E-state index contributed by atoms with van der Waals surface area (Å²) in [5, 5.41) is 12.1. The highest BCUT2D eigenvalue weighted by Crippen LogP contribution is 2.20. The van der Waals surface area contributed by atoms with E-state index in [9.17, 15) is 14.4 Å². The van der Waals surface area contributed by atoms with E-state index in [-0.39, 0.29) is 6.42 Å². The number of ketones is 1. The Kier molecular flexibility index (Phi) is 7.61. The Hall–Kier alpha value is -4.37. The summed E-state index contributed by atoms with van der Waals surface area (Å²) in [4.78, 5) is 40.3. The number of aromatic nitrogens is 1. The molecule has 0 saturated carbocycles. The standard InChI is InChI=1S/C24H23N5O4/c1-15(28-24-27-14-20(33-24)17-10-6-3-7-11-17)12-18(25)23(32)29-19(21(30)22(26)31)13-16-8-4-2-5-9-16/h2-12,14,19,25H,13H2,1H3,(H2,26,31)(H,27,28)(H,29,32)/p+1/b15-12-,25-18?. The zero-order valence-corrected chi connectivity index (χ0v) is 17.9. The van der Waals surface area contributed by atoms with E-state index in [4.69, 9.17) is 15.6 Å². The first-order chi connectivity index (χ1) is 15.8. The van der Waals surface area contributed by atoms with Crippen LogP contribution in [0, 0.1) is 5.41 Å². The number of carbonyl (C=O) groups is 3. The number of Topliss-reactive ketones (excluding diaryl/α,β-unsaturated/α-hetero) is 1.